The van der Waals surface area contributed by atoms with Crippen molar-refractivity contribution in [2.24, 2.45) is 17.6 Å². The molecule has 0 spiro atoms. The fourth-order valence-electron chi connectivity index (χ4n) is 1.67. The summed E-state index contributed by atoms with van der Waals surface area (Å²) in [7, 11) is 0. The van der Waals surface area contributed by atoms with E-state index in [1.165, 1.54) is 18.4 Å². The Morgan fingerprint density at radius 1 is 1.70 bits per heavy atom. The highest BCUT2D eigenvalue weighted by Crippen LogP contribution is 2.27. The maximum absolute atomic E-state index is 5.61. The molecule has 0 aromatic rings. The largest absolute Gasteiger partial charge is 0.330 e. The summed E-state index contributed by atoms with van der Waals surface area (Å²) >= 11 is 0. The van der Waals surface area contributed by atoms with Crippen LogP contribution < -0.4 is 5.73 Å². The second-order valence-electron chi connectivity index (χ2n) is 3.46. The number of hydrogen-bond acceptors (Lipinski definition) is 1. The van der Waals surface area contributed by atoms with Gasteiger partial charge in [0.15, 0.2) is 0 Å². The molecule has 1 aliphatic rings. The van der Waals surface area contributed by atoms with Gasteiger partial charge >= 0.3 is 0 Å². The van der Waals surface area contributed by atoms with Gasteiger partial charge in [0.25, 0.3) is 0 Å². The summed E-state index contributed by atoms with van der Waals surface area (Å²) in [6.07, 6.45) is 4.78. The second kappa shape index (κ2) is 3.20. The molecule has 1 heteroatoms. The molecule has 0 radical (unpaired) electrons. The predicted octanol–water partition coefficient (Wildman–Crippen LogP) is 1.94. The van der Waals surface area contributed by atoms with E-state index in [1.54, 1.807) is 0 Å². The van der Waals surface area contributed by atoms with E-state index in [4.69, 9.17) is 5.73 Å². The fourth-order valence-corrected chi connectivity index (χ4v) is 1.67. The molecule has 58 valence electrons. The van der Waals surface area contributed by atoms with Crippen LogP contribution in [0.2, 0.25) is 0 Å². The monoisotopic (exact) mass is 139 g/mol. The Morgan fingerprint density at radius 2 is 2.40 bits per heavy atom. The first-order valence-corrected chi connectivity index (χ1v) is 4.09. The van der Waals surface area contributed by atoms with Crippen LogP contribution in [0.25, 0.3) is 0 Å². The fraction of sp³-hybridized carbons (Fsp3) is 0.778. The molecule has 2 unspecified atom stereocenters. The normalized spacial score (nSPS) is 33.7. The molecule has 0 aromatic heterocycles. The molecule has 2 N–H and O–H groups in total. The predicted molar refractivity (Wildman–Crippen MR) is 44.7 cm³/mol. The Morgan fingerprint density at radius 3 is 2.90 bits per heavy atom. The minimum Gasteiger partial charge on any atom is -0.330 e. The average Bonchev–Trinajstić information content (AvgIpc) is 1.88. The number of rotatable bonds is 1. The third-order valence-corrected chi connectivity index (χ3v) is 2.52. The van der Waals surface area contributed by atoms with Gasteiger partial charge in [-0.1, -0.05) is 18.6 Å². The summed E-state index contributed by atoms with van der Waals surface area (Å²) in [4.78, 5) is 0. The molecule has 0 saturated heterocycles. The van der Waals surface area contributed by atoms with Crippen molar-refractivity contribution in [1.29, 1.82) is 0 Å². The Bertz CT molecular complexity index is 138. The van der Waals surface area contributed by atoms with Crippen LogP contribution in [-0.4, -0.2) is 6.54 Å². The van der Waals surface area contributed by atoms with Crippen LogP contribution in [-0.2, 0) is 0 Å². The van der Waals surface area contributed by atoms with Crippen molar-refractivity contribution in [2.75, 3.05) is 6.54 Å². The van der Waals surface area contributed by atoms with E-state index in [9.17, 15) is 0 Å². The van der Waals surface area contributed by atoms with Gasteiger partial charge in [-0.05, 0) is 38.1 Å². The van der Waals surface area contributed by atoms with Crippen molar-refractivity contribution >= 4 is 0 Å². The van der Waals surface area contributed by atoms with Crippen LogP contribution in [0.4, 0.5) is 0 Å². The molecule has 0 bridgehead atoms. The van der Waals surface area contributed by atoms with E-state index >= 15 is 0 Å². The van der Waals surface area contributed by atoms with Crippen molar-refractivity contribution in [3.63, 3.8) is 0 Å². The molecule has 2 atom stereocenters. The molecule has 1 aliphatic carbocycles. The SMILES string of the molecule is CC1=CCC(CN)C(C)C1. The van der Waals surface area contributed by atoms with Crippen LogP contribution in [0, 0.1) is 11.8 Å². The smallest absolute Gasteiger partial charge is 0.00432 e. The van der Waals surface area contributed by atoms with Gasteiger partial charge in [-0.25, -0.2) is 0 Å². The highest BCUT2D eigenvalue weighted by atomic mass is 14.6. The first-order valence-electron chi connectivity index (χ1n) is 4.09. The molecule has 1 nitrogen and oxygen atoms in total. The summed E-state index contributed by atoms with van der Waals surface area (Å²) in [5.74, 6) is 1.54. The zero-order chi connectivity index (χ0) is 7.56. The summed E-state index contributed by atoms with van der Waals surface area (Å²) < 4.78 is 0. The molecule has 0 heterocycles. The lowest BCUT2D eigenvalue weighted by Crippen LogP contribution is -2.23. The summed E-state index contributed by atoms with van der Waals surface area (Å²) in [5, 5.41) is 0. The van der Waals surface area contributed by atoms with Gasteiger partial charge in [-0.15, -0.1) is 0 Å². The van der Waals surface area contributed by atoms with Crippen LogP contribution in [0.3, 0.4) is 0 Å². The van der Waals surface area contributed by atoms with Gasteiger partial charge in [0, 0.05) is 0 Å². The number of allylic oxidation sites excluding steroid dienone is 2. The lowest BCUT2D eigenvalue weighted by Gasteiger charge is -2.26. The molecular weight excluding hydrogens is 122 g/mol. The highest BCUT2D eigenvalue weighted by Gasteiger charge is 2.18. The minimum atomic E-state index is 0.740. The van der Waals surface area contributed by atoms with Crippen molar-refractivity contribution in [1.82, 2.24) is 0 Å². The zero-order valence-corrected chi connectivity index (χ0v) is 6.93. The van der Waals surface area contributed by atoms with Crippen molar-refractivity contribution in [3.8, 4) is 0 Å². The first kappa shape index (κ1) is 7.80. The average molecular weight is 139 g/mol. The van der Waals surface area contributed by atoms with E-state index in [1.807, 2.05) is 0 Å². The molecule has 10 heavy (non-hydrogen) atoms. The topological polar surface area (TPSA) is 26.0 Å². The van der Waals surface area contributed by atoms with E-state index in [2.05, 4.69) is 19.9 Å². The Labute approximate surface area is 63.3 Å². The molecule has 0 amide bonds. The number of nitrogens with two attached hydrogens (primary N) is 1. The zero-order valence-electron chi connectivity index (χ0n) is 6.93. The van der Waals surface area contributed by atoms with Gasteiger partial charge < -0.3 is 5.73 Å². The summed E-state index contributed by atoms with van der Waals surface area (Å²) in [6, 6.07) is 0. The molecule has 0 aromatic carbocycles. The van der Waals surface area contributed by atoms with Crippen LogP contribution in [0.15, 0.2) is 11.6 Å². The van der Waals surface area contributed by atoms with Gasteiger partial charge in [-0.3, -0.25) is 0 Å². The first-order chi connectivity index (χ1) is 4.74. The number of hydrogen-bond donors (Lipinski definition) is 1. The van der Waals surface area contributed by atoms with Crippen LogP contribution in [0.1, 0.15) is 26.7 Å². The minimum absolute atomic E-state index is 0.740. The van der Waals surface area contributed by atoms with E-state index in [0.717, 1.165) is 18.4 Å². The van der Waals surface area contributed by atoms with Gasteiger partial charge in [0.1, 0.15) is 0 Å². The van der Waals surface area contributed by atoms with E-state index in [-0.39, 0.29) is 0 Å². The Kier molecular flexibility index (Phi) is 2.50. The second-order valence-corrected chi connectivity index (χ2v) is 3.46. The summed E-state index contributed by atoms with van der Waals surface area (Å²) in [6.45, 7) is 5.36. The molecule has 0 fully saturated rings. The van der Waals surface area contributed by atoms with E-state index < -0.39 is 0 Å². The molecule has 0 saturated carbocycles. The molecule has 1 rings (SSSR count). The lowest BCUT2D eigenvalue weighted by atomic mass is 9.81. The van der Waals surface area contributed by atoms with E-state index in [0.29, 0.717) is 0 Å². The van der Waals surface area contributed by atoms with Crippen molar-refractivity contribution in [2.45, 2.75) is 26.7 Å². The summed E-state index contributed by atoms with van der Waals surface area (Å²) in [5.41, 5.74) is 7.15. The maximum Gasteiger partial charge on any atom is -0.00432 e. The highest BCUT2D eigenvalue weighted by molar-refractivity contribution is 5.04. The maximum atomic E-state index is 5.61. The van der Waals surface area contributed by atoms with Gasteiger partial charge in [0.2, 0.25) is 0 Å². The quantitative estimate of drug-likeness (QED) is 0.552. The third-order valence-electron chi connectivity index (χ3n) is 2.52. The Hall–Kier alpha value is -0.300. The van der Waals surface area contributed by atoms with Crippen molar-refractivity contribution < 1.29 is 0 Å². The van der Waals surface area contributed by atoms with Crippen LogP contribution in [0.5, 0.6) is 0 Å². The standard InChI is InChI=1S/C9H17N/c1-7-3-4-9(6-10)8(2)5-7/h3,8-9H,4-6,10H2,1-2H3. The van der Waals surface area contributed by atoms with Gasteiger partial charge in [-0.2, -0.15) is 0 Å². The van der Waals surface area contributed by atoms with Gasteiger partial charge in [0.05, 0.1) is 0 Å². The Balaban J connectivity index is 2.52. The van der Waals surface area contributed by atoms with Crippen LogP contribution >= 0.6 is 0 Å². The van der Waals surface area contributed by atoms with Crippen molar-refractivity contribution in [3.05, 3.63) is 11.6 Å². The lowest BCUT2D eigenvalue weighted by molar-refractivity contribution is 0.349. The molecular formula is C9H17N. The third kappa shape index (κ3) is 1.60. The molecule has 0 aliphatic heterocycles.